The molecule has 7 heteroatoms. The first-order valence-corrected chi connectivity index (χ1v) is 12.1. The van der Waals surface area contributed by atoms with Gasteiger partial charge in [-0.3, -0.25) is 9.59 Å². The number of anilines is 1. The summed E-state index contributed by atoms with van der Waals surface area (Å²) < 4.78 is 16.1. The molecule has 0 spiro atoms. The molecule has 0 saturated heterocycles. The zero-order valence-corrected chi connectivity index (χ0v) is 21.4. The summed E-state index contributed by atoms with van der Waals surface area (Å²) in [4.78, 5) is 28.3. The van der Waals surface area contributed by atoms with Crippen LogP contribution in [0.15, 0.2) is 18.2 Å². The molecule has 1 aromatic carbocycles. The topological polar surface area (TPSA) is 66.4 Å². The van der Waals surface area contributed by atoms with E-state index < -0.39 is 5.82 Å². The average Bonchev–Trinajstić information content (AvgIpc) is 3.24. The number of halogens is 1. The van der Waals surface area contributed by atoms with E-state index in [9.17, 15) is 14.0 Å². The fourth-order valence-corrected chi connectivity index (χ4v) is 4.70. The maximum absolute atomic E-state index is 14.0. The van der Waals surface area contributed by atoms with Crippen LogP contribution < -0.4 is 10.6 Å². The highest BCUT2D eigenvalue weighted by Gasteiger charge is 2.31. The molecule has 0 aliphatic carbocycles. The van der Waals surface area contributed by atoms with E-state index in [4.69, 9.17) is 0 Å². The maximum Gasteiger partial charge on any atom is 0.256 e. The molecule has 1 aliphatic rings. The van der Waals surface area contributed by atoms with Gasteiger partial charge < -0.3 is 20.1 Å². The smallest absolute Gasteiger partial charge is 0.256 e. The molecule has 2 N–H and O–H groups in total. The number of benzene rings is 1. The normalized spacial score (nSPS) is 14.6. The lowest BCUT2D eigenvalue weighted by atomic mass is 9.99. The predicted molar refractivity (Wildman–Crippen MR) is 137 cm³/mol. The van der Waals surface area contributed by atoms with Crippen molar-refractivity contribution in [2.75, 3.05) is 31.5 Å². The van der Waals surface area contributed by atoms with Gasteiger partial charge in [-0.15, -0.1) is 0 Å². The van der Waals surface area contributed by atoms with Crippen LogP contribution in [0.25, 0.3) is 11.6 Å². The van der Waals surface area contributed by atoms with Crippen LogP contribution in [-0.2, 0) is 10.3 Å². The molecule has 1 aromatic heterocycles. The van der Waals surface area contributed by atoms with Crippen LogP contribution in [0.1, 0.15) is 73.9 Å². The quantitative estimate of drug-likeness (QED) is 0.512. The van der Waals surface area contributed by atoms with E-state index in [2.05, 4.69) is 54.7 Å². The van der Waals surface area contributed by atoms with E-state index in [0.717, 1.165) is 43.0 Å². The predicted octanol–water partition coefficient (Wildman–Crippen LogP) is 4.95. The molecule has 2 amide bonds. The average molecular weight is 469 g/mol. The molecule has 2 heterocycles. The molecular formula is C27H37FN4O2. The van der Waals surface area contributed by atoms with Crippen LogP contribution >= 0.6 is 0 Å². The highest BCUT2D eigenvalue weighted by molar-refractivity contribution is 6.35. The van der Waals surface area contributed by atoms with Gasteiger partial charge >= 0.3 is 0 Å². The van der Waals surface area contributed by atoms with Gasteiger partial charge in [-0.1, -0.05) is 20.8 Å². The van der Waals surface area contributed by atoms with Gasteiger partial charge in [0.15, 0.2) is 0 Å². The number of likely N-dealkylation sites (N-methyl/N-ethyl adjacent to an activating group) is 1. The number of carbonyl (C=O) groups excluding carboxylic acids is 2. The van der Waals surface area contributed by atoms with Crippen molar-refractivity contribution in [3.05, 3.63) is 52.1 Å². The number of fused-ring (bicyclic) bond motifs is 1. The Morgan fingerprint density at radius 3 is 2.50 bits per heavy atom. The fraction of sp³-hybridized carbons (Fsp3) is 0.481. The molecule has 2 aromatic rings. The molecule has 0 fully saturated rings. The number of hydrogen-bond donors (Lipinski definition) is 2. The molecule has 34 heavy (non-hydrogen) atoms. The second-order valence-corrected chi connectivity index (χ2v) is 9.46. The van der Waals surface area contributed by atoms with E-state index in [1.54, 1.807) is 12.1 Å². The molecule has 0 bridgehead atoms. The lowest BCUT2D eigenvalue weighted by Gasteiger charge is -2.29. The van der Waals surface area contributed by atoms with Crippen molar-refractivity contribution in [1.82, 2.24) is 14.8 Å². The summed E-state index contributed by atoms with van der Waals surface area (Å²) in [6.45, 7) is 17.6. The molecular weight excluding hydrogens is 431 g/mol. The Morgan fingerprint density at radius 2 is 1.88 bits per heavy atom. The van der Waals surface area contributed by atoms with Crippen LogP contribution in [0.2, 0.25) is 0 Å². The van der Waals surface area contributed by atoms with Crippen LogP contribution in [0.4, 0.5) is 10.1 Å². The maximum atomic E-state index is 14.0. The van der Waals surface area contributed by atoms with E-state index in [1.165, 1.54) is 12.1 Å². The van der Waals surface area contributed by atoms with Gasteiger partial charge in [0.1, 0.15) is 5.82 Å². The van der Waals surface area contributed by atoms with Gasteiger partial charge in [0.25, 0.3) is 11.8 Å². The molecule has 3 rings (SSSR count). The van der Waals surface area contributed by atoms with Crippen molar-refractivity contribution < 1.29 is 14.0 Å². The van der Waals surface area contributed by atoms with Crippen LogP contribution in [0.5, 0.6) is 0 Å². The highest BCUT2D eigenvalue weighted by atomic mass is 19.1. The van der Waals surface area contributed by atoms with Crippen molar-refractivity contribution in [2.45, 2.75) is 60.4 Å². The third-order valence-corrected chi connectivity index (χ3v) is 7.05. The Kier molecular flexibility index (Phi) is 7.66. The first-order valence-electron chi connectivity index (χ1n) is 12.1. The van der Waals surface area contributed by atoms with Crippen LogP contribution in [0, 0.1) is 19.7 Å². The van der Waals surface area contributed by atoms with Crippen LogP contribution in [0.3, 0.4) is 0 Å². The number of rotatable bonds is 9. The minimum absolute atomic E-state index is 0.116. The second-order valence-electron chi connectivity index (χ2n) is 9.46. The van der Waals surface area contributed by atoms with Gasteiger partial charge in [-0.25, -0.2) is 4.39 Å². The summed E-state index contributed by atoms with van der Waals surface area (Å²) in [7, 11) is 0. The summed E-state index contributed by atoms with van der Waals surface area (Å²) in [5.41, 5.74) is 4.33. The molecule has 0 saturated carbocycles. The van der Waals surface area contributed by atoms with Crippen molar-refractivity contribution in [3.8, 4) is 0 Å². The standard InChI is InChI=1S/C27H37FN4O2/c1-8-27(6,7)32-18(5)24(26(34)29-13-14-31(9-2)10-3)17(4)23(32)16-21-20-15-19(28)11-12-22(20)30-25(21)33/h11-12,15-16H,8-10,13-14H2,1-7H3,(H,29,34)(H,30,33)/b21-16-. The third-order valence-electron chi connectivity index (χ3n) is 7.05. The van der Waals surface area contributed by atoms with Crippen molar-refractivity contribution in [3.63, 3.8) is 0 Å². The van der Waals surface area contributed by atoms with Crippen molar-refractivity contribution in [1.29, 1.82) is 0 Å². The van der Waals surface area contributed by atoms with Gasteiger partial charge in [-0.05, 0) is 77.0 Å². The zero-order valence-electron chi connectivity index (χ0n) is 21.4. The number of nitrogens with one attached hydrogen (secondary N) is 2. The first kappa shape index (κ1) is 25.7. The molecule has 0 unspecified atom stereocenters. The third kappa shape index (κ3) is 4.80. The lowest BCUT2D eigenvalue weighted by molar-refractivity contribution is -0.110. The summed E-state index contributed by atoms with van der Waals surface area (Å²) in [6.07, 6.45) is 2.63. The number of carbonyl (C=O) groups is 2. The van der Waals surface area contributed by atoms with Crippen molar-refractivity contribution in [2.24, 2.45) is 0 Å². The fourth-order valence-electron chi connectivity index (χ4n) is 4.70. The molecule has 184 valence electrons. The highest BCUT2D eigenvalue weighted by Crippen LogP contribution is 2.37. The van der Waals surface area contributed by atoms with E-state index >= 15 is 0 Å². The minimum atomic E-state index is -0.397. The first-order chi connectivity index (χ1) is 16.0. The number of amides is 2. The Hall–Kier alpha value is -2.93. The van der Waals surface area contributed by atoms with Gasteiger partial charge in [0.05, 0.1) is 11.1 Å². The summed E-state index contributed by atoms with van der Waals surface area (Å²) >= 11 is 0. The van der Waals surface area contributed by atoms with E-state index in [0.29, 0.717) is 28.9 Å². The van der Waals surface area contributed by atoms with Gasteiger partial charge in [0, 0.05) is 41.3 Å². The van der Waals surface area contributed by atoms with Gasteiger partial charge in [-0.2, -0.15) is 0 Å². The van der Waals surface area contributed by atoms with Gasteiger partial charge in [0.2, 0.25) is 0 Å². The van der Waals surface area contributed by atoms with Crippen molar-refractivity contribution >= 4 is 29.2 Å². The molecule has 6 nitrogen and oxygen atoms in total. The number of hydrogen-bond acceptors (Lipinski definition) is 3. The lowest BCUT2D eigenvalue weighted by Crippen LogP contribution is -2.35. The number of nitrogens with zero attached hydrogens (tertiary/aromatic N) is 2. The van der Waals surface area contributed by atoms with Crippen LogP contribution in [-0.4, -0.2) is 47.5 Å². The minimum Gasteiger partial charge on any atom is -0.351 e. The second kappa shape index (κ2) is 10.1. The zero-order chi connectivity index (χ0) is 25.2. The summed E-state index contributed by atoms with van der Waals surface area (Å²) in [5, 5.41) is 5.88. The molecule has 0 atom stereocenters. The number of aromatic nitrogens is 1. The van der Waals surface area contributed by atoms with E-state index in [-0.39, 0.29) is 17.4 Å². The largest absolute Gasteiger partial charge is 0.351 e. The Morgan fingerprint density at radius 1 is 1.21 bits per heavy atom. The Labute approximate surface area is 202 Å². The Balaban J connectivity index is 2.08. The molecule has 1 aliphatic heterocycles. The Bertz CT molecular complexity index is 1130. The summed E-state index contributed by atoms with van der Waals surface area (Å²) in [5.74, 6) is -0.786. The summed E-state index contributed by atoms with van der Waals surface area (Å²) in [6, 6.07) is 4.28. The van der Waals surface area contributed by atoms with E-state index in [1.807, 2.05) is 13.8 Å². The molecule has 0 radical (unpaired) electrons. The SMILES string of the molecule is CCN(CC)CCNC(=O)c1c(C)c(/C=C2\C(=O)Nc3ccc(F)cc32)n(C(C)(C)CC)c1C. The monoisotopic (exact) mass is 468 g/mol.